The molecule has 1 aromatic heterocycles. The molecule has 0 radical (unpaired) electrons. The van der Waals surface area contributed by atoms with Crippen molar-refractivity contribution in [1.82, 2.24) is 9.71 Å². The number of ether oxygens (including phenoxy) is 1. The van der Waals surface area contributed by atoms with Crippen LogP contribution in [0.1, 0.15) is 31.1 Å². The summed E-state index contributed by atoms with van der Waals surface area (Å²) in [6.07, 6.45) is 3.41. The molecule has 7 nitrogen and oxygen atoms in total. The molecule has 148 valence electrons. The second-order valence-corrected chi connectivity index (χ2v) is 9.95. The van der Waals surface area contributed by atoms with Gasteiger partial charge in [0.25, 0.3) is 0 Å². The normalized spacial score (nSPS) is 13.3. The van der Waals surface area contributed by atoms with Crippen LogP contribution in [-0.4, -0.2) is 40.7 Å². The van der Waals surface area contributed by atoms with Gasteiger partial charge in [-0.1, -0.05) is 13.0 Å². The van der Waals surface area contributed by atoms with E-state index in [0.717, 1.165) is 0 Å². The van der Waals surface area contributed by atoms with E-state index < -0.39 is 25.1 Å². The van der Waals surface area contributed by atoms with Gasteiger partial charge in [-0.3, -0.25) is 4.98 Å². The maximum absolute atomic E-state index is 13.2. The summed E-state index contributed by atoms with van der Waals surface area (Å²) in [6.45, 7) is 3.80. The molecule has 0 aliphatic carbocycles. The van der Waals surface area contributed by atoms with Crippen molar-refractivity contribution in [2.75, 3.05) is 18.9 Å². The highest BCUT2D eigenvalue weighted by atomic mass is 32.2. The van der Waals surface area contributed by atoms with E-state index in [1.54, 1.807) is 31.2 Å². The summed E-state index contributed by atoms with van der Waals surface area (Å²) in [5, 5.41) is -1.09. The average Bonchev–Trinajstić information content (AvgIpc) is 2.63. The molecule has 0 bridgehead atoms. The minimum atomic E-state index is -3.85. The maximum Gasteiger partial charge on any atom is 0.211 e. The molecule has 0 saturated heterocycles. The standard InChI is InChI=1S/C18H24N2O5S2/c1-3-12-26(21,22)20-14-18(15-6-5-11-19-13-15)27(23,24)17-9-7-16(8-10-17)25-4-2/h5-11,13,18,20H,3-4,12,14H2,1-2H3. The van der Waals surface area contributed by atoms with Gasteiger partial charge in [-0.05, 0) is 49.2 Å². The lowest BCUT2D eigenvalue weighted by molar-refractivity contribution is 0.340. The molecule has 1 unspecified atom stereocenters. The lowest BCUT2D eigenvalue weighted by Crippen LogP contribution is -2.33. The van der Waals surface area contributed by atoms with E-state index >= 15 is 0 Å². The SMILES string of the molecule is CCCS(=O)(=O)NCC(c1cccnc1)S(=O)(=O)c1ccc(OCC)cc1. The van der Waals surface area contributed by atoms with E-state index in [1.807, 2.05) is 6.92 Å². The Morgan fingerprint density at radius 1 is 1.07 bits per heavy atom. The van der Waals surface area contributed by atoms with E-state index in [1.165, 1.54) is 24.5 Å². The Bertz CT molecular complexity index is 927. The van der Waals surface area contributed by atoms with Crippen molar-refractivity contribution >= 4 is 19.9 Å². The fourth-order valence-electron chi connectivity index (χ4n) is 2.57. The topological polar surface area (TPSA) is 102 Å². The third-order valence-electron chi connectivity index (χ3n) is 3.86. The van der Waals surface area contributed by atoms with Gasteiger partial charge in [0.1, 0.15) is 11.0 Å². The number of benzene rings is 1. The minimum absolute atomic E-state index is 0.0597. The van der Waals surface area contributed by atoms with Crippen molar-refractivity contribution in [3.8, 4) is 5.75 Å². The van der Waals surface area contributed by atoms with Gasteiger partial charge in [0.2, 0.25) is 10.0 Å². The molecule has 0 aliphatic heterocycles. The predicted octanol–water partition coefficient (Wildman–Crippen LogP) is 2.32. The Labute approximate surface area is 160 Å². The monoisotopic (exact) mass is 412 g/mol. The lowest BCUT2D eigenvalue weighted by atomic mass is 10.2. The molecular weight excluding hydrogens is 388 g/mol. The Morgan fingerprint density at radius 3 is 2.33 bits per heavy atom. The molecule has 1 atom stereocenters. The van der Waals surface area contributed by atoms with Gasteiger partial charge in [-0.2, -0.15) is 0 Å². The molecule has 0 saturated carbocycles. The second-order valence-electron chi connectivity index (χ2n) is 5.89. The first-order valence-corrected chi connectivity index (χ1v) is 11.8. The molecule has 0 amide bonds. The van der Waals surface area contributed by atoms with Crippen molar-refractivity contribution in [2.24, 2.45) is 0 Å². The molecule has 1 N–H and O–H groups in total. The van der Waals surface area contributed by atoms with Crippen LogP contribution < -0.4 is 9.46 Å². The molecule has 27 heavy (non-hydrogen) atoms. The zero-order chi connectivity index (χ0) is 19.9. The lowest BCUT2D eigenvalue weighted by Gasteiger charge is -2.19. The summed E-state index contributed by atoms with van der Waals surface area (Å²) in [5.41, 5.74) is 0.422. The second kappa shape index (κ2) is 9.29. The maximum atomic E-state index is 13.2. The molecule has 0 spiro atoms. The van der Waals surface area contributed by atoms with Crippen LogP contribution in [0.2, 0.25) is 0 Å². The van der Waals surface area contributed by atoms with Gasteiger partial charge in [0, 0.05) is 18.9 Å². The number of hydrogen-bond donors (Lipinski definition) is 1. The fraction of sp³-hybridized carbons (Fsp3) is 0.389. The molecule has 0 fully saturated rings. The van der Waals surface area contributed by atoms with Gasteiger partial charge in [-0.25, -0.2) is 21.6 Å². The van der Waals surface area contributed by atoms with Gasteiger partial charge >= 0.3 is 0 Å². The summed E-state index contributed by atoms with van der Waals surface area (Å²) in [6, 6.07) is 9.33. The highest BCUT2D eigenvalue weighted by Gasteiger charge is 2.30. The van der Waals surface area contributed by atoms with Gasteiger partial charge in [-0.15, -0.1) is 0 Å². The largest absolute Gasteiger partial charge is 0.494 e. The van der Waals surface area contributed by atoms with Crippen LogP contribution >= 0.6 is 0 Å². The van der Waals surface area contributed by atoms with E-state index in [9.17, 15) is 16.8 Å². The third kappa shape index (κ3) is 5.75. The number of pyridine rings is 1. The number of sulfonamides is 1. The van der Waals surface area contributed by atoms with Crippen LogP contribution in [0, 0.1) is 0 Å². The predicted molar refractivity (Wildman–Crippen MR) is 104 cm³/mol. The summed E-state index contributed by atoms with van der Waals surface area (Å²) in [7, 11) is -7.39. The van der Waals surface area contributed by atoms with Crippen LogP contribution in [0.3, 0.4) is 0 Å². The molecule has 9 heteroatoms. The van der Waals surface area contributed by atoms with E-state index in [4.69, 9.17) is 4.74 Å². The van der Waals surface area contributed by atoms with Crippen molar-refractivity contribution < 1.29 is 21.6 Å². The molecule has 2 aromatic rings. The Balaban J connectivity index is 2.36. The first kappa shape index (κ1) is 21.3. The third-order valence-corrected chi connectivity index (χ3v) is 7.52. The Kier molecular flexibility index (Phi) is 7.34. The smallest absolute Gasteiger partial charge is 0.211 e. The number of nitrogens with one attached hydrogen (secondary N) is 1. The van der Waals surface area contributed by atoms with E-state index in [0.29, 0.717) is 24.3 Å². The number of hydrogen-bond acceptors (Lipinski definition) is 6. The molecular formula is C18H24N2O5S2. The molecule has 2 rings (SSSR count). The molecule has 0 aliphatic rings. The number of nitrogens with zero attached hydrogens (tertiary/aromatic N) is 1. The van der Waals surface area contributed by atoms with Crippen molar-refractivity contribution in [2.45, 2.75) is 30.4 Å². The number of aromatic nitrogens is 1. The first-order valence-electron chi connectivity index (χ1n) is 8.64. The molecule has 1 aromatic carbocycles. The number of rotatable bonds is 10. The highest BCUT2D eigenvalue weighted by Crippen LogP contribution is 2.29. The van der Waals surface area contributed by atoms with Crippen molar-refractivity contribution in [3.05, 3.63) is 54.4 Å². The van der Waals surface area contributed by atoms with Crippen molar-refractivity contribution in [3.63, 3.8) is 0 Å². The quantitative estimate of drug-likeness (QED) is 0.642. The van der Waals surface area contributed by atoms with Gasteiger partial charge in [0.15, 0.2) is 9.84 Å². The zero-order valence-electron chi connectivity index (χ0n) is 15.3. The summed E-state index contributed by atoms with van der Waals surface area (Å²) >= 11 is 0. The van der Waals surface area contributed by atoms with Crippen LogP contribution in [-0.2, 0) is 19.9 Å². The van der Waals surface area contributed by atoms with Gasteiger partial charge < -0.3 is 4.74 Å². The van der Waals surface area contributed by atoms with E-state index in [2.05, 4.69) is 9.71 Å². The molecule has 1 heterocycles. The Morgan fingerprint density at radius 2 is 1.78 bits per heavy atom. The zero-order valence-corrected chi connectivity index (χ0v) is 17.0. The summed E-state index contributed by atoms with van der Waals surface area (Å²) < 4.78 is 58.1. The minimum Gasteiger partial charge on any atom is -0.494 e. The Hall–Kier alpha value is -1.97. The number of sulfone groups is 1. The summed E-state index contributed by atoms with van der Waals surface area (Å²) in [4.78, 5) is 4.06. The van der Waals surface area contributed by atoms with Crippen LogP contribution in [0.15, 0.2) is 53.7 Å². The highest BCUT2D eigenvalue weighted by molar-refractivity contribution is 7.92. The average molecular weight is 413 g/mol. The van der Waals surface area contributed by atoms with Crippen LogP contribution in [0.4, 0.5) is 0 Å². The van der Waals surface area contributed by atoms with Crippen LogP contribution in [0.25, 0.3) is 0 Å². The first-order chi connectivity index (χ1) is 12.8. The van der Waals surface area contributed by atoms with Crippen molar-refractivity contribution in [1.29, 1.82) is 0 Å². The van der Waals surface area contributed by atoms with Crippen LogP contribution in [0.5, 0.6) is 5.75 Å². The van der Waals surface area contributed by atoms with E-state index in [-0.39, 0.29) is 17.2 Å². The van der Waals surface area contributed by atoms with Gasteiger partial charge in [0.05, 0.1) is 17.3 Å². The fourth-order valence-corrected chi connectivity index (χ4v) is 5.43. The summed E-state index contributed by atoms with van der Waals surface area (Å²) in [5.74, 6) is 0.508.